The molecule has 27 heavy (non-hydrogen) atoms. The molecule has 0 spiro atoms. The summed E-state index contributed by atoms with van der Waals surface area (Å²) in [6.07, 6.45) is 0.728. The number of benzene rings is 2. The van der Waals surface area contributed by atoms with Crippen LogP contribution in [-0.2, 0) is 21.1 Å². The molecule has 2 atom stereocenters. The Labute approximate surface area is 157 Å². The van der Waals surface area contributed by atoms with Crippen LogP contribution in [0, 0.1) is 11.6 Å². The number of amides is 1. The molecule has 1 fully saturated rings. The lowest BCUT2D eigenvalue weighted by Crippen LogP contribution is -2.41. The van der Waals surface area contributed by atoms with E-state index < -0.39 is 21.6 Å². The summed E-state index contributed by atoms with van der Waals surface area (Å²) in [5.41, 5.74) is 1.41. The van der Waals surface area contributed by atoms with Gasteiger partial charge in [0.1, 0.15) is 11.6 Å². The minimum absolute atomic E-state index is 0.0398. The summed E-state index contributed by atoms with van der Waals surface area (Å²) >= 11 is 0. The molecule has 0 aliphatic carbocycles. The molecule has 0 aromatic heterocycles. The van der Waals surface area contributed by atoms with Crippen molar-refractivity contribution in [1.29, 1.82) is 0 Å². The summed E-state index contributed by atoms with van der Waals surface area (Å²) in [4.78, 5) is 14.6. The average Bonchev–Trinajstić information content (AvgIpc) is 3.01. The van der Waals surface area contributed by atoms with Crippen LogP contribution in [-0.4, -0.2) is 43.8 Å². The van der Waals surface area contributed by atoms with Crippen molar-refractivity contribution in [1.82, 2.24) is 4.90 Å². The van der Waals surface area contributed by atoms with Gasteiger partial charge in [-0.3, -0.25) is 4.79 Å². The van der Waals surface area contributed by atoms with Crippen LogP contribution < -0.4 is 0 Å². The number of nitrogens with zero attached hydrogens (tertiary/aromatic N) is 1. The monoisotopic (exact) mass is 393 g/mol. The highest BCUT2D eigenvalue weighted by molar-refractivity contribution is 7.91. The topological polar surface area (TPSA) is 54.5 Å². The van der Waals surface area contributed by atoms with E-state index in [4.69, 9.17) is 0 Å². The largest absolute Gasteiger partial charge is 0.341 e. The van der Waals surface area contributed by atoms with Crippen LogP contribution in [0.25, 0.3) is 0 Å². The van der Waals surface area contributed by atoms with Crippen molar-refractivity contribution in [3.05, 3.63) is 71.3 Å². The highest BCUT2D eigenvalue weighted by Gasteiger charge is 2.35. The van der Waals surface area contributed by atoms with Crippen molar-refractivity contribution in [2.75, 3.05) is 18.6 Å². The number of hydrogen-bond acceptors (Lipinski definition) is 3. The normalized spacial score (nSPS) is 19.6. The lowest BCUT2D eigenvalue weighted by molar-refractivity contribution is -0.133. The third-order valence-electron chi connectivity index (χ3n) is 5.03. The van der Waals surface area contributed by atoms with Crippen LogP contribution in [0.15, 0.2) is 48.5 Å². The van der Waals surface area contributed by atoms with Crippen molar-refractivity contribution in [3.63, 3.8) is 0 Å². The molecule has 1 amide bonds. The Kier molecular flexibility index (Phi) is 5.60. The zero-order valence-corrected chi connectivity index (χ0v) is 15.8. The maximum Gasteiger partial charge on any atom is 0.230 e. The fourth-order valence-corrected chi connectivity index (χ4v) is 5.18. The molecule has 1 heterocycles. The second kappa shape index (κ2) is 7.76. The van der Waals surface area contributed by atoms with Crippen molar-refractivity contribution in [3.8, 4) is 0 Å². The van der Waals surface area contributed by atoms with E-state index in [1.54, 1.807) is 31.3 Å². The van der Waals surface area contributed by atoms with E-state index in [1.165, 1.54) is 29.2 Å². The second-order valence-corrected chi connectivity index (χ2v) is 9.17. The minimum atomic E-state index is -3.12. The number of likely N-dealkylation sites (N-methyl/N-ethyl adjacent to an activating group) is 1. The third-order valence-corrected chi connectivity index (χ3v) is 6.78. The molecular formula is C20H21F2NO3S. The van der Waals surface area contributed by atoms with Gasteiger partial charge >= 0.3 is 0 Å². The number of carbonyl (C=O) groups excluding carboxylic acids is 1. The first-order valence-electron chi connectivity index (χ1n) is 8.72. The van der Waals surface area contributed by atoms with Crippen molar-refractivity contribution >= 4 is 15.7 Å². The molecule has 0 N–H and O–H groups in total. The lowest BCUT2D eigenvalue weighted by atomic mass is 9.90. The summed E-state index contributed by atoms with van der Waals surface area (Å²) in [5, 5.41) is 0. The molecule has 2 unspecified atom stereocenters. The summed E-state index contributed by atoms with van der Waals surface area (Å²) in [6, 6.07) is 11.2. The summed E-state index contributed by atoms with van der Waals surface area (Å²) in [6.45, 7) is 0. The molecule has 144 valence electrons. The molecule has 2 aromatic rings. The van der Waals surface area contributed by atoms with Crippen LogP contribution in [0.1, 0.15) is 23.5 Å². The van der Waals surface area contributed by atoms with Gasteiger partial charge in [-0.05, 0) is 48.2 Å². The summed E-state index contributed by atoms with van der Waals surface area (Å²) in [5.74, 6) is -1.56. The van der Waals surface area contributed by atoms with Crippen LogP contribution in [0.3, 0.4) is 0 Å². The van der Waals surface area contributed by atoms with Crippen LogP contribution >= 0.6 is 0 Å². The number of hydrogen-bond donors (Lipinski definition) is 0. The Morgan fingerprint density at radius 1 is 1.07 bits per heavy atom. The smallest absolute Gasteiger partial charge is 0.230 e. The fraction of sp³-hybridized carbons (Fsp3) is 0.350. The Balaban J connectivity index is 1.87. The first-order valence-corrected chi connectivity index (χ1v) is 10.5. The molecule has 4 nitrogen and oxygen atoms in total. The van der Waals surface area contributed by atoms with Gasteiger partial charge in [0.2, 0.25) is 5.91 Å². The van der Waals surface area contributed by atoms with Gasteiger partial charge in [-0.2, -0.15) is 0 Å². The molecular weight excluding hydrogens is 372 g/mol. The van der Waals surface area contributed by atoms with E-state index in [0.29, 0.717) is 18.4 Å². The molecule has 0 radical (unpaired) electrons. The highest BCUT2D eigenvalue weighted by Crippen LogP contribution is 2.27. The number of halogens is 2. The Morgan fingerprint density at radius 3 is 2.15 bits per heavy atom. The van der Waals surface area contributed by atoms with E-state index in [-0.39, 0.29) is 29.3 Å². The predicted octanol–water partition coefficient (Wildman–Crippen LogP) is 2.94. The van der Waals surface area contributed by atoms with E-state index in [0.717, 1.165) is 5.56 Å². The summed E-state index contributed by atoms with van der Waals surface area (Å²) < 4.78 is 50.0. The zero-order chi connectivity index (χ0) is 19.6. The number of rotatable bonds is 5. The zero-order valence-electron chi connectivity index (χ0n) is 14.9. The predicted molar refractivity (Wildman–Crippen MR) is 99.1 cm³/mol. The molecule has 0 saturated carbocycles. The fourth-order valence-electron chi connectivity index (χ4n) is 3.41. The second-order valence-electron chi connectivity index (χ2n) is 6.94. The van der Waals surface area contributed by atoms with Crippen LogP contribution in [0.5, 0.6) is 0 Å². The van der Waals surface area contributed by atoms with Gasteiger partial charge in [0.15, 0.2) is 9.84 Å². The molecule has 1 saturated heterocycles. The molecule has 1 aliphatic heterocycles. The van der Waals surface area contributed by atoms with Gasteiger partial charge in [0, 0.05) is 13.1 Å². The quantitative estimate of drug-likeness (QED) is 0.785. The minimum Gasteiger partial charge on any atom is -0.341 e. The molecule has 0 bridgehead atoms. The van der Waals surface area contributed by atoms with Gasteiger partial charge < -0.3 is 4.90 Å². The van der Waals surface area contributed by atoms with E-state index in [1.807, 2.05) is 0 Å². The van der Waals surface area contributed by atoms with E-state index in [9.17, 15) is 22.0 Å². The number of carbonyl (C=O) groups is 1. The summed E-state index contributed by atoms with van der Waals surface area (Å²) in [7, 11) is -1.51. The number of sulfone groups is 1. The van der Waals surface area contributed by atoms with E-state index >= 15 is 0 Å². The van der Waals surface area contributed by atoms with Gasteiger partial charge in [-0.15, -0.1) is 0 Å². The van der Waals surface area contributed by atoms with Gasteiger partial charge in [-0.1, -0.05) is 24.3 Å². The SMILES string of the molecule is CN(C(=O)C(Cc1ccc(F)cc1)c1ccc(F)cc1)C1CCS(=O)(=O)C1. The maximum atomic E-state index is 13.3. The van der Waals surface area contributed by atoms with Crippen LogP contribution in [0.4, 0.5) is 8.78 Å². The third kappa shape index (κ3) is 4.71. The van der Waals surface area contributed by atoms with Gasteiger partial charge in [0.25, 0.3) is 0 Å². The average molecular weight is 393 g/mol. The first-order chi connectivity index (χ1) is 12.7. The molecule has 3 rings (SSSR count). The van der Waals surface area contributed by atoms with Crippen molar-refractivity contribution in [2.45, 2.75) is 24.8 Å². The van der Waals surface area contributed by atoms with Gasteiger partial charge in [-0.25, -0.2) is 17.2 Å². The molecule has 2 aromatic carbocycles. The first kappa shape index (κ1) is 19.5. The van der Waals surface area contributed by atoms with Crippen molar-refractivity contribution < 1.29 is 22.0 Å². The molecule has 7 heteroatoms. The standard InChI is InChI=1S/C20H21F2NO3S/c1-23(18-10-11-27(25,26)13-18)20(24)19(15-4-8-17(22)9-5-15)12-14-2-6-16(21)7-3-14/h2-9,18-19H,10-13H2,1H3. The lowest BCUT2D eigenvalue weighted by Gasteiger charge is -2.28. The highest BCUT2D eigenvalue weighted by atomic mass is 32.2. The van der Waals surface area contributed by atoms with Crippen molar-refractivity contribution in [2.24, 2.45) is 0 Å². The van der Waals surface area contributed by atoms with Gasteiger partial charge in [0.05, 0.1) is 17.4 Å². The Morgan fingerprint density at radius 2 is 1.63 bits per heavy atom. The Hall–Kier alpha value is -2.28. The molecule has 1 aliphatic rings. The maximum absolute atomic E-state index is 13.3. The Bertz CT molecular complexity index is 911. The van der Waals surface area contributed by atoms with Crippen LogP contribution in [0.2, 0.25) is 0 Å². The van der Waals surface area contributed by atoms with E-state index in [2.05, 4.69) is 0 Å².